The normalized spacial score (nSPS) is 29.8. The summed E-state index contributed by atoms with van der Waals surface area (Å²) in [6.07, 6.45) is 6.86. The highest BCUT2D eigenvalue weighted by Gasteiger charge is 2.40. The quantitative estimate of drug-likeness (QED) is 0.774. The summed E-state index contributed by atoms with van der Waals surface area (Å²) in [5.41, 5.74) is 0.779. The Morgan fingerprint density at radius 2 is 1.80 bits per heavy atom. The van der Waals surface area contributed by atoms with Gasteiger partial charge in [-0.15, -0.1) is 0 Å². The summed E-state index contributed by atoms with van der Waals surface area (Å²) in [5.74, 6) is 0.903. The highest BCUT2D eigenvalue weighted by molar-refractivity contribution is 4.96. The van der Waals surface area contributed by atoms with Crippen LogP contribution in [0.15, 0.2) is 0 Å². The Labute approximate surface area is 93.8 Å². The van der Waals surface area contributed by atoms with Crippen molar-refractivity contribution in [1.29, 1.82) is 0 Å². The number of rotatable bonds is 3. The molecular weight excluding hydrogens is 186 g/mol. The molecule has 0 atom stereocenters. The molecule has 2 fully saturated rings. The van der Waals surface area contributed by atoms with Crippen LogP contribution in [0.4, 0.5) is 0 Å². The molecule has 0 bridgehead atoms. The lowest BCUT2D eigenvalue weighted by molar-refractivity contribution is -0.0729. The van der Waals surface area contributed by atoms with Gasteiger partial charge in [-0.3, -0.25) is 0 Å². The first kappa shape index (κ1) is 11.4. The van der Waals surface area contributed by atoms with E-state index in [0.29, 0.717) is 5.41 Å². The Bertz CT molecular complexity index is 205. The third kappa shape index (κ3) is 2.54. The van der Waals surface area contributed by atoms with Crippen molar-refractivity contribution in [3.8, 4) is 0 Å². The van der Waals surface area contributed by atoms with E-state index in [4.69, 9.17) is 4.74 Å². The molecule has 1 aliphatic carbocycles. The Morgan fingerprint density at radius 1 is 1.20 bits per heavy atom. The molecule has 1 saturated carbocycles. The van der Waals surface area contributed by atoms with Crippen LogP contribution in [0.3, 0.4) is 0 Å². The lowest BCUT2D eigenvalue weighted by Crippen LogP contribution is -2.61. The molecule has 0 amide bonds. The van der Waals surface area contributed by atoms with Gasteiger partial charge in [-0.25, -0.2) is 0 Å². The topological polar surface area (TPSA) is 21.3 Å². The Kier molecular flexibility index (Phi) is 3.09. The van der Waals surface area contributed by atoms with Crippen molar-refractivity contribution in [2.45, 2.75) is 51.6 Å². The Morgan fingerprint density at radius 3 is 2.20 bits per heavy atom. The van der Waals surface area contributed by atoms with E-state index < -0.39 is 0 Å². The fraction of sp³-hybridized carbons (Fsp3) is 1.00. The first-order valence-corrected chi connectivity index (χ1v) is 6.31. The van der Waals surface area contributed by atoms with Gasteiger partial charge in [0.25, 0.3) is 0 Å². The highest BCUT2D eigenvalue weighted by Crippen LogP contribution is 2.41. The van der Waals surface area contributed by atoms with Crippen LogP contribution in [0.25, 0.3) is 0 Å². The fourth-order valence-corrected chi connectivity index (χ4v) is 2.97. The van der Waals surface area contributed by atoms with Gasteiger partial charge >= 0.3 is 0 Å². The molecule has 0 radical (unpaired) electrons. The van der Waals surface area contributed by atoms with E-state index >= 15 is 0 Å². The van der Waals surface area contributed by atoms with Gasteiger partial charge in [0.1, 0.15) is 0 Å². The lowest BCUT2D eigenvalue weighted by Gasteiger charge is -2.45. The zero-order chi connectivity index (χ0) is 10.9. The third-order valence-electron chi connectivity index (χ3n) is 4.45. The average molecular weight is 211 g/mol. The van der Waals surface area contributed by atoms with E-state index in [2.05, 4.69) is 19.2 Å². The van der Waals surface area contributed by atoms with E-state index in [1.54, 1.807) is 0 Å². The second-order valence-corrected chi connectivity index (χ2v) is 6.30. The van der Waals surface area contributed by atoms with Gasteiger partial charge in [0.05, 0.1) is 5.60 Å². The predicted octanol–water partition coefficient (Wildman–Crippen LogP) is 2.58. The Balaban J connectivity index is 1.81. The summed E-state index contributed by atoms with van der Waals surface area (Å²) in [7, 11) is 1.87. The van der Waals surface area contributed by atoms with Gasteiger partial charge in [0, 0.05) is 20.2 Å². The van der Waals surface area contributed by atoms with Crippen LogP contribution in [0, 0.1) is 11.3 Å². The van der Waals surface area contributed by atoms with Gasteiger partial charge in [0.2, 0.25) is 0 Å². The third-order valence-corrected chi connectivity index (χ3v) is 4.45. The maximum atomic E-state index is 5.67. The zero-order valence-corrected chi connectivity index (χ0v) is 10.4. The SMILES string of the molecule is COC1(CC2CCC(C)(C)CC2)CNC1. The summed E-state index contributed by atoms with van der Waals surface area (Å²) in [5, 5.41) is 3.33. The predicted molar refractivity (Wildman–Crippen MR) is 63.0 cm³/mol. The van der Waals surface area contributed by atoms with Crippen molar-refractivity contribution in [1.82, 2.24) is 5.32 Å². The van der Waals surface area contributed by atoms with Crippen LogP contribution in [0.2, 0.25) is 0 Å². The molecule has 1 saturated heterocycles. The Hall–Kier alpha value is -0.0800. The molecule has 0 aromatic heterocycles. The average Bonchev–Trinajstić information content (AvgIpc) is 2.14. The lowest BCUT2D eigenvalue weighted by atomic mass is 9.70. The van der Waals surface area contributed by atoms with E-state index in [9.17, 15) is 0 Å². The molecule has 2 aliphatic rings. The van der Waals surface area contributed by atoms with E-state index in [1.165, 1.54) is 32.1 Å². The van der Waals surface area contributed by atoms with Crippen LogP contribution in [0.5, 0.6) is 0 Å². The van der Waals surface area contributed by atoms with Crippen LogP contribution < -0.4 is 5.32 Å². The standard InChI is InChI=1S/C13H25NO/c1-12(2)6-4-11(5-7-12)8-13(15-3)9-14-10-13/h11,14H,4-10H2,1-3H3. The maximum Gasteiger partial charge on any atom is 0.0928 e. The summed E-state index contributed by atoms with van der Waals surface area (Å²) >= 11 is 0. The maximum absolute atomic E-state index is 5.67. The molecule has 0 aromatic carbocycles. The van der Waals surface area contributed by atoms with Gasteiger partial charge in [-0.1, -0.05) is 13.8 Å². The van der Waals surface area contributed by atoms with E-state index in [1.807, 2.05) is 7.11 Å². The molecule has 1 heterocycles. The van der Waals surface area contributed by atoms with Gasteiger partial charge in [-0.05, 0) is 43.4 Å². The zero-order valence-electron chi connectivity index (χ0n) is 10.4. The first-order valence-electron chi connectivity index (χ1n) is 6.31. The number of hydrogen-bond donors (Lipinski definition) is 1. The van der Waals surface area contributed by atoms with Crippen LogP contribution in [0.1, 0.15) is 46.0 Å². The minimum atomic E-state index is 0.187. The summed E-state index contributed by atoms with van der Waals surface area (Å²) < 4.78 is 5.67. The molecule has 2 nitrogen and oxygen atoms in total. The van der Waals surface area contributed by atoms with Gasteiger partial charge < -0.3 is 10.1 Å². The molecule has 88 valence electrons. The van der Waals surface area contributed by atoms with Crippen LogP contribution in [-0.4, -0.2) is 25.8 Å². The molecule has 1 N–H and O–H groups in total. The minimum Gasteiger partial charge on any atom is -0.376 e. The minimum absolute atomic E-state index is 0.187. The molecule has 15 heavy (non-hydrogen) atoms. The largest absolute Gasteiger partial charge is 0.376 e. The molecular formula is C13H25NO. The molecule has 2 heteroatoms. The van der Waals surface area contributed by atoms with Crippen LogP contribution >= 0.6 is 0 Å². The monoisotopic (exact) mass is 211 g/mol. The highest BCUT2D eigenvalue weighted by atomic mass is 16.5. The van der Waals surface area contributed by atoms with Gasteiger partial charge in [-0.2, -0.15) is 0 Å². The molecule has 0 unspecified atom stereocenters. The van der Waals surface area contributed by atoms with E-state index in [-0.39, 0.29) is 5.60 Å². The van der Waals surface area contributed by atoms with Crippen molar-refractivity contribution in [3.63, 3.8) is 0 Å². The molecule has 1 aliphatic heterocycles. The number of nitrogens with one attached hydrogen (secondary N) is 1. The summed E-state index contributed by atoms with van der Waals surface area (Å²) in [4.78, 5) is 0. The molecule has 0 aromatic rings. The molecule has 2 rings (SSSR count). The number of methoxy groups -OCH3 is 1. The van der Waals surface area contributed by atoms with Crippen molar-refractivity contribution in [2.24, 2.45) is 11.3 Å². The summed E-state index contributed by atoms with van der Waals surface area (Å²) in [6.45, 7) is 6.92. The second kappa shape index (κ2) is 4.06. The smallest absolute Gasteiger partial charge is 0.0928 e. The first-order chi connectivity index (χ1) is 7.05. The van der Waals surface area contributed by atoms with Crippen molar-refractivity contribution < 1.29 is 4.74 Å². The summed E-state index contributed by atoms with van der Waals surface area (Å²) in [6, 6.07) is 0. The van der Waals surface area contributed by atoms with Crippen molar-refractivity contribution in [3.05, 3.63) is 0 Å². The fourth-order valence-electron chi connectivity index (χ4n) is 2.97. The number of ether oxygens (including phenoxy) is 1. The van der Waals surface area contributed by atoms with Gasteiger partial charge in [0.15, 0.2) is 0 Å². The molecule has 0 spiro atoms. The second-order valence-electron chi connectivity index (χ2n) is 6.30. The number of hydrogen-bond acceptors (Lipinski definition) is 2. The van der Waals surface area contributed by atoms with E-state index in [0.717, 1.165) is 19.0 Å². The van der Waals surface area contributed by atoms with Crippen molar-refractivity contribution in [2.75, 3.05) is 20.2 Å². The van der Waals surface area contributed by atoms with Crippen LogP contribution in [-0.2, 0) is 4.74 Å². The van der Waals surface area contributed by atoms with Crippen molar-refractivity contribution >= 4 is 0 Å².